The van der Waals surface area contributed by atoms with Crippen LogP contribution in [0.3, 0.4) is 0 Å². The quantitative estimate of drug-likeness (QED) is 0.723. The van der Waals surface area contributed by atoms with Gasteiger partial charge in [0.25, 0.3) is 0 Å². The van der Waals surface area contributed by atoms with Crippen LogP contribution in [0.15, 0.2) is 12.1 Å². The summed E-state index contributed by atoms with van der Waals surface area (Å²) < 4.78 is 0. The van der Waals surface area contributed by atoms with E-state index < -0.39 is 0 Å². The van der Waals surface area contributed by atoms with Crippen LogP contribution in [0.2, 0.25) is 5.02 Å². The molecule has 0 fully saturated rings. The average Bonchev–Trinajstić information content (AvgIpc) is 2.00. The zero-order valence-corrected chi connectivity index (χ0v) is 7.39. The van der Waals surface area contributed by atoms with E-state index in [0.29, 0.717) is 5.56 Å². The summed E-state index contributed by atoms with van der Waals surface area (Å²) in [7, 11) is 0. The van der Waals surface area contributed by atoms with Crippen LogP contribution in [0, 0.1) is 18.3 Å². The summed E-state index contributed by atoms with van der Waals surface area (Å²) in [5.41, 5.74) is 1.58. The molecule has 0 heterocycles. The first-order chi connectivity index (χ1) is 5.65. The second-order valence-electron chi connectivity index (χ2n) is 2.59. The SMILES string of the molecule is Cc1cc(O)c(Cl)c(CC#N)c1. The second-order valence-corrected chi connectivity index (χ2v) is 2.97. The van der Waals surface area contributed by atoms with Gasteiger partial charge >= 0.3 is 0 Å². The molecule has 0 aliphatic rings. The number of phenolic OH excluding ortho intramolecular Hbond substituents is 1. The predicted octanol–water partition coefficient (Wildman–Crippen LogP) is 2.42. The number of phenols is 1. The number of rotatable bonds is 1. The second kappa shape index (κ2) is 3.46. The molecule has 0 unspecified atom stereocenters. The fraction of sp³-hybridized carbons (Fsp3) is 0.222. The lowest BCUT2D eigenvalue weighted by molar-refractivity contribution is 0.474. The highest BCUT2D eigenvalue weighted by Gasteiger charge is 2.05. The first-order valence-electron chi connectivity index (χ1n) is 3.50. The third-order valence-electron chi connectivity index (χ3n) is 1.54. The van der Waals surface area contributed by atoms with Crippen molar-refractivity contribution in [1.82, 2.24) is 0 Å². The van der Waals surface area contributed by atoms with Gasteiger partial charge in [-0.3, -0.25) is 0 Å². The summed E-state index contributed by atoms with van der Waals surface area (Å²) in [5, 5.41) is 18.0. The van der Waals surface area contributed by atoms with E-state index in [1.165, 1.54) is 0 Å². The van der Waals surface area contributed by atoms with Gasteiger partial charge in [0.05, 0.1) is 17.5 Å². The van der Waals surface area contributed by atoms with E-state index in [-0.39, 0.29) is 17.2 Å². The van der Waals surface area contributed by atoms with E-state index in [4.69, 9.17) is 16.9 Å². The van der Waals surface area contributed by atoms with Gasteiger partial charge in [-0.05, 0) is 24.1 Å². The molecule has 1 aromatic carbocycles. The maximum Gasteiger partial charge on any atom is 0.134 e. The fourth-order valence-electron chi connectivity index (χ4n) is 1.04. The summed E-state index contributed by atoms with van der Waals surface area (Å²) in [6.45, 7) is 1.84. The van der Waals surface area contributed by atoms with Crippen LogP contribution in [0.1, 0.15) is 11.1 Å². The van der Waals surface area contributed by atoms with Gasteiger partial charge in [0.15, 0.2) is 0 Å². The minimum Gasteiger partial charge on any atom is -0.506 e. The fourth-order valence-corrected chi connectivity index (χ4v) is 1.21. The highest BCUT2D eigenvalue weighted by molar-refractivity contribution is 6.32. The maximum atomic E-state index is 9.27. The van der Waals surface area contributed by atoms with E-state index in [0.717, 1.165) is 5.56 Å². The summed E-state index contributed by atoms with van der Waals surface area (Å²) in [5.74, 6) is 0.0434. The molecule has 0 saturated heterocycles. The lowest BCUT2D eigenvalue weighted by atomic mass is 10.1. The van der Waals surface area contributed by atoms with Crippen molar-refractivity contribution >= 4 is 11.6 Å². The minimum absolute atomic E-state index is 0.0434. The van der Waals surface area contributed by atoms with Gasteiger partial charge in [-0.2, -0.15) is 5.26 Å². The molecule has 0 saturated carbocycles. The van der Waals surface area contributed by atoms with Gasteiger partial charge in [0.2, 0.25) is 0 Å². The molecule has 1 aromatic rings. The van der Waals surface area contributed by atoms with Crippen LogP contribution in [0.25, 0.3) is 0 Å². The topological polar surface area (TPSA) is 44.0 Å². The summed E-state index contributed by atoms with van der Waals surface area (Å²) >= 11 is 5.74. The largest absolute Gasteiger partial charge is 0.506 e. The third kappa shape index (κ3) is 1.69. The van der Waals surface area contributed by atoms with Crippen molar-refractivity contribution in [2.75, 3.05) is 0 Å². The third-order valence-corrected chi connectivity index (χ3v) is 1.98. The Bertz CT molecular complexity index is 341. The number of hydrogen-bond donors (Lipinski definition) is 1. The molecule has 0 aliphatic heterocycles. The minimum atomic E-state index is 0.0434. The van der Waals surface area contributed by atoms with Crippen LogP contribution < -0.4 is 0 Å². The lowest BCUT2D eigenvalue weighted by Crippen LogP contribution is -1.85. The summed E-state index contributed by atoms with van der Waals surface area (Å²) in [4.78, 5) is 0. The summed E-state index contributed by atoms with van der Waals surface area (Å²) in [6, 6.07) is 5.35. The molecule has 0 spiro atoms. The molecule has 12 heavy (non-hydrogen) atoms. The smallest absolute Gasteiger partial charge is 0.134 e. The molecule has 1 N–H and O–H groups in total. The normalized spacial score (nSPS) is 9.42. The van der Waals surface area contributed by atoms with Gasteiger partial charge in [-0.25, -0.2) is 0 Å². The monoisotopic (exact) mass is 181 g/mol. The van der Waals surface area contributed by atoms with Gasteiger partial charge in [-0.15, -0.1) is 0 Å². The average molecular weight is 182 g/mol. The van der Waals surface area contributed by atoms with Gasteiger partial charge < -0.3 is 5.11 Å². The number of aromatic hydroxyl groups is 1. The Morgan fingerprint density at radius 2 is 2.25 bits per heavy atom. The maximum absolute atomic E-state index is 9.27. The van der Waals surface area contributed by atoms with E-state index in [9.17, 15) is 5.11 Å². The molecule has 0 radical (unpaired) electrons. The van der Waals surface area contributed by atoms with Crippen molar-refractivity contribution in [3.05, 3.63) is 28.3 Å². The molecule has 0 aliphatic carbocycles. The Balaban J connectivity index is 3.20. The van der Waals surface area contributed by atoms with Gasteiger partial charge in [0, 0.05) is 0 Å². The predicted molar refractivity (Wildman–Crippen MR) is 47.2 cm³/mol. The van der Waals surface area contributed by atoms with E-state index in [1.807, 2.05) is 13.0 Å². The van der Waals surface area contributed by atoms with Crippen molar-refractivity contribution < 1.29 is 5.11 Å². The molecule has 0 bridgehead atoms. The van der Waals surface area contributed by atoms with Crippen molar-refractivity contribution in [3.63, 3.8) is 0 Å². The molecular formula is C9H8ClNO. The van der Waals surface area contributed by atoms with Crippen LogP contribution in [0.4, 0.5) is 0 Å². The van der Waals surface area contributed by atoms with Crippen molar-refractivity contribution in [2.24, 2.45) is 0 Å². The van der Waals surface area contributed by atoms with Crippen molar-refractivity contribution in [1.29, 1.82) is 5.26 Å². The highest BCUT2D eigenvalue weighted by atomic mass is 35.5. The first kappa shape index (κ1) is 8.89. The Morgan fingerprint density at radius 1 is 1.58 bits per heavy atom. The molecule has 0 atom stereocenters. The first-order valence-corrected chi connectivity index (χ1v) is 3.88. The van der Waals surface area contributed by atoms with Crippen molar-refractivity contribution in [2.45, 2.75) is 13.3 Å². The number of hydrogen-bond acceptors (Lipinski definition) is 2. The van der Waals surface area contributed by atoms with Crippen LogP contribution in [-0.4, -0.2) is 5.11 Å². The van der Waals surface area contributed by atoms with Gasteiger partial charge in [-0.1, -0.05) is 17.7 Å². The Labute approximate surface area is 76.0 Å². The lowest BCUT2D eigenvalue weighted by Gasteiger charge is -2.03. The number of halogens is 1. The van der Waals surface area contributed by atoms with Gasteiger partial charge in [0.1, 0.15) is 5.75 Å². The highest BCUT2D eigenvalue weighted by Crippen LogP contribution is 2.28. The molecule has 2 nitrogen and oxygen atoms in total. The number of nitrogens with zero attached hydrogens (tertiary/aromatic N) is 1. The van der Waals surface area contributed by atoms with Crippen LogP contribution >= 0.6 is 11.6 Å². The Kier molecular flexibility index (Phi) is 2.57. The number of benzene rings is 1. The molecule has 3 heteroatoms. The Hall–Kier alpha value is -1.20. The summed E-state index contributed by atoms with van der Waals surface area (Å²) in [6.07, 6.45) is 0.230. The number of aryl methyl sites for hydroxylation is 1. The Morgan fingerprint density at radius 3 is 2.83 bits per heavy atom. The van der Waals surface area contributed by atoms with Crippen LogP contribution in [0.5, 0.6) is 5.75 Å². The zero-order valence-electron chi connectivity index (χ0n) is 6.63. The zero-order chi connectivity index (χ0) is 9.14. The molecule has 1 rings (SSSR count). The number of nitriles is 1. The van der Waals surface area contributed by atoms with Crippen molar-refractivity contribution in [3.8, 4) is 11.8 Å². The van der Waals surface area contributed by atoms with E-state index >= 15 is 0 Å². The molecule has 0 amide bonds. The molecule has 62 valence electrons. The van der Waals surface area contributed by atoms with E-state index in [2.05, 4.69) is 0 Å². The standard InChI is InChI=1S/C9H8ClNO/c1-6-4-7(2-3-11)9(10)8(12)5-6/h4-5,12H,2H2,1H3. The van der Waals surface area contributed by atoms with E-state index in [1.54, 1.807) is 12.1 Å². The molecule has 0 aromatic heterocycles. The van der Waals surface area contributed by atoms with Crippen LogP contribution in [-0.2, 0) is 6.42 Å². The molecular weight excluding hydrogens is 174 g/mol.